The highest BCUT2D eigenvalue weighted by molar-refractivity contribution is 7.92. The monoisotopic (exact) mass is 304 g/mol. The maximum Gasteiger partial charge on any atom is 0.343 e. The van der Waals surface area contributed by atoms with Crippen molar-refractivity contribution >= 4 is 18.4 Å². The minimum Gasteiger partial charge on any atom is -0.308 e. The van der Waals surface area contributed by atoms with Crippen LogP contribution in [0.4, 0.5) is 0 Å². The van der Waals surface area contributed by atoms with Crippen LogP contribution in [0.3, 0.4) is 0 Å². The maximum atomic E-state index is 12.4. The second-order valence-electron chi connectivity index (χ2n) is 4.19. The molecule has 0 aromatic heterocycles. The molecule has 1 rings (SSSR count). The van der Waals surface area contributed by atoms with Crippen LogP contribution in [0.2, 0.25) is 0 Å². The Balaban J connectivity index is 2.94. The quantitative estimate of drug-likeness (QED) is 0.722. The highest BCUT2D eigenvalue weighted by Gasteiger charge is 2.28. The normalized spacial score (nSPS) is 13.5. The Kier molecular flexibility index (Phi) is 6.40. The van der Waals surface area contributed by atoms with Crippen LogP contribution in [-0.2, 0) is 24.4 Å². The van der Waals surface area contributed by atoms with Crippen LogP contribution in [0.5, 0.6) is 0 Å². The van der Waals surface area contributed by atoms with Crippen molar-refractivity contribution in [2.24, 2.45) is 0 Å². The topological polar surface area (TPSA) is 52.6 Å². The van der Waals surface area contributed by atoms with Crippen LogP contribution in [0, 0.1) is 13.8 Å². The highest BCUT2D eigenvalue weighted by Crippen LogP contribution is 2.49. The number of hydrogen-bond acceptors (Lipinski definition) is 4. The Morgan fingerprint density at radius 3 is 2.26 bits per heavy atom. The summed E-state index contributed by atoms with van der Waals surface area (Å²) in [7, 11) is -4.67. The van der Waals surface area contributed by atoms with Crippen molar-refractivity contribution in [2.45, 2.75) is 32.6 Å². The van der Waals surface area contributed by atoms with Crippen molar-refractivity contribution in [1.29, 1.82) is 0 Å². The first-order chi connectivity index (χ1) is 8.91. The summed E-state index contributed by atoms with van der Waals surface area (Å²) in [6, 6.07) is 5.73. The highest BCUT2D eigenvalue weighted by atomic mass is 32.2. The molecule has 0 heterocycles. The molecule has 0 aliphatic rings. The van der Waals surface area contributed by atoms with Crippen LogP contribution in [0.25, 0.3) is 0 Å². The van der Waals surface area contributed by atoms with Gasteiger partial charge in [0.2, 0.25) is 0 Å². The molecule has 1 atom stereocenters. The van der Waals surface area contributed by atoms with Gasteiger partial charge in [0.1, 0.15) is 5.49 Å². The summed E-state index contributed by atoms with van der Waals surface area (Å²) in [5.41, 5.74) is 1.85. The van der Waals surface area contributed by atoms with Gasteiger partial charge in [0, 0.05) is 4.90 Å². The Morgan fingerprint density at radius 1 is 1.16 bits per heavy atom. The van der Waals surface area contributed by atoms with Crippen molar-refractivity contribution < 1.29 is 17.8 Å². The van der Waals surface area contributed by atoms with Gasteiger partial charge in [-0.1, -0.05) is 12.1 Å². The number of hydrogen-bond donors (Lipinski definition) is 0. The number of rotatable bonds is 7. The van der Waals surface area contributed by atoms with E-state index in [-0.39, 0.29) is 18.7 Å². The molecule has 0 radical (unpaired) electrons. The van der Waals surface area contributed by atoms with Crippen LogP contribution in [0.15, 0.2) is 23.1 Å². The zero-order valence-electron chi connectivity index (χ0n) is 11.8. The Bertz CT molecular complexity index is 491. The first-order valence-corrected chi connectivity index (χ1v) is 9.30. The fraction of sp³-hybridized carbons (Fsp3) is 0.538. The molecule has 19 heavy (non-hydrogen) atoms. The molecule has 0 aliphatic heterocycles. The first kappa shape index (κ1) is 16.6. The lowest BCUT2D eigenvalue weighted by Crippen LogP contribution is -2.06. The molecule has 0 N–H and O–H groups in total. The molecule has 108 valence electrons. The second-order valence-corrected chi connectivity index (χ2v) is 8.09. The summed E-state index contributed by atoms with van der Waals surface area (Å²) < 4.78 is 35.1. The third-order valence-corrected chi connectivity index (χ3v) is 6.95. The van der Waals surface area contributed by atoms with E-state index < -0.39 is 18.4 Å². The molecule has 0 aliphatic carbocycles. The van der Waals surface area contributed by atoms with Crippen molar-refractivity contribution in [3.05, 3.63) is 29.3 Å². The van der Waals surface area contributed by atoms with Gasteiger partial charge >= 0.3 is 7.60 Å². The molecule has 0 bridgehead atoms. The molecular weight excluding hydrogens is 283 g/mol. The van der Waals surface area contributed by atoms with Crippen molar-refractivity contribution in [3.63, 3.8) is 0 Å². The molecule has 0 saturated heterocycles. The average Bonchev–Trinajstić information content (AvgIpc) is 2.32. The van der Waals surface area contributed by atoms with Crippen LogP contribution in [-0.4, -0.2) is 22.9 Å². The van der Waals surface area contributed by atoms with E-state index in [0.717, 1.165) is 11.1 Å². The molecular formula is C13H21O4PS. The fourth-order valence-corrected chi connectivity index (χ4v) is 5.58. The van der Waals surface area contributed by atoms with E-state index in [2.05, 4.69) is 0 Å². The van der Waals surface area contributed by atoms with Gasteiger partial charge in [-0.05, 0) is 44.9 Å². The fourth-order valence-electron chi connectivity index (χ4n) is 1.67. The van der Waals surface area contributed by atoms with E-state index in [9.17, 15) is 8.77 Å². The maximum absolute atomic E-state index is 12.4. The van der Waals surface area contributed by atoms with Gasteiger partial charge in [-0.3, -0.25) is 8.77 Å². The molecule has 1 unspecified atom stereocenters. The average molecular weight is 304 g/mol. The van der Waals surface area contributed by atoms with E-state index in [1.807, 2.05) is 32.0 Å². The van der Waals surface area contributed by atoms with E-state index in [1.54, 1.807) is 13.8 Å². The number of aryl methyl sites for hydroxylation is 2. The molecule has 0 amide bonds. The van der Waals surface area contributed by atoms with E-state index in [4.69, 9.17) is 9.05 Å². The molecule has 0 saturated carbocycles. The van der Waals surface area contributed by atoms with Gasteiger partial charge in [-0.2, -0.15) is 0 Å². The minimum atomic E-state index is -3.28. The molecule has 4 nitrogen and oxygen atoms in total. The zero-order chi connectivity index (χ0) is 14.5. The van der Waals surface area contributed by atoms with Crippen LogP contribution in [0.1, 0.15) is 25.0 Å². The van der Waals surface area contributed by atoms with E-state index in [0.29, 0.717) is 4.90 Å². The summed E-state index contributed by atoms with van der Waals surface area (Å²) in [5.74, 6) is 0. The summed E-state index contributed by atoms with van der Waals surface area (Å²) in [6.45, 7) is 7.87. The SMILES string of the molecule is CCOP(=O)(CS(=O)c1cc(C)ccc1C)OCC. The Morgan fingerprint density at radius 2 is 1.74 bits per heavy atom. The van der Waals surface area contributed by atoms with Crippen LogP contribution >= 0.6 is 7.60 Å². The standard InChI is InChI=1S/C13H21O4PS/c1-5-16-18(14,17-6-2)10-19(15)13-9-11(3)7-8-12(13)4/h7-9H,5-6,10H2,1-4H3. The summed E-state index contributed by atoms with van der Waals surface area (Å²) in [4.78, 5) is 0.694. The van der Waals surface area contributed by atoms with E-state index >= 15 is 0 Å². The van der Waals surface area contributed by atoms with Crippen molar-refractivity contribution in [3.8, 4) is 0 Å². The van der Waals surface area contributed by atoms with Crippen molar-refractivity contribution in [2.75, 3.05) is 18.7 Å². The van der Waals surface area contributed by atoms with Gasteiger partial charge < -0.3 is 9.05 Å². The van der Waals surface area contributed by atoms with E-state index in [1.165, 1.54) is 0 Å². The smallest absolute Gasteiger partial charge is 0.308 e. The molecule has 1 aromatic carbocycles. The lowest BCUT2D eigenvalue weighted by atomic mass is 10.2. The lowest BCUT2D eigenvalue weighted by molar-refractivity contribution is 0.224. The van der Waals surface area contributed by atoms with Gasteiger partial charge in [0.15, 0.2) is 0 Å². The van der Waals surface area contributed by atoms with Crippen LogP contribution < -0.4 is 0 Å². The van der Waals surface area contributed by atoms with Gasteiger partial charge in [-0.15, -0.1) is 0 Å². The third-order valence-electron chi connectivity index (χ3n) is 2.52. The third kappa shape index (κ3) is 4.84. The van der Waals surface area contributed by atoms with Gasteiger partial charge in [0.25, 0.3) is 0 Å². The molecule has 1 aromatic rings. The zero-order valence-corrected chi connectivity index (χ0v) is 13.6. The summed E-state index contributed by atoms with van der Waals surface area (Å²) in [5, 5.41) is 0. The molecule has 0 fully saturated rings. The Hall–Kier alpha value is -0.480. The van der Waals surface area contributed by atoms with Gasteiger partial charge in [-0.25, -0.2) is 0 Å². The Labute approximate surface area is 117 Å². The molecule has 6 heteroatoms. The van der Waals surface area contributed by atoms with Crippen molar-refractivity contribution in [1.82, 2.24) is 0 Å². The first-order valence-electron chi connectivity index (χ1n) is 6.25. The largest absolute Gasteiger partial charge is 0.343 e. The molecule has 0 spiro atoms. The minimum absolute atomic E-state index is 0.0982. The predicted octanol–water partition coefficient (Wildman–Crippen LogP) is 3.63. The summed E-state index contributed by atoms with van der Waals surface area (Å²) >= 11 is 0. The lowest BCUT2D eigenvalue weighted by Gasteiger charge is -2.17. The summed E-state index contributed by atoms with van der Waals surface area (Å²) in [6.07, 6.45) is 0. The number of benzene rings is 1. The predicted molar refractivity (Wildman–Crippen MR) is 78.0 cm³/mol. The second kappa shape index (κ2) is 7.34. The van der Waals surface area contributed by atoms with Gasteiger partial charge in [0.05, 0.1) is 24.0 Å².